The van der Waals surface area contributed by atoms with Gasteiger partial charge < -0.3 is 11.1 Å². The number of hydrogen-bond acceptors (Lipinski definition) is 4. The Morgan fingerprint density at radius 2 is 2.16 bits per heavy atom. The van der Waals surface area contributed by atoms with E-state index >= 15 is 0 Å². The molecule has 0 bridgehead atoms. The van der Waals surface area contributed by atoms with Crippen LogP contribution in [0, 0.1) is 0 Å². The molecule has 10 heteroatoms. The van der Waals surface area contributed by atoms with Crippen molar-refractivity contribution in [2.24, 2.45) is 5.73 Å². The number of thiophene rings is 1. The van der Waals surface area contributed by atoms with Gasteiger partial charge in [-0.3, -0.25) is 9.48 Å². The molecule has 0 unspecified atom stereocenters. The van der Waals surface area contributed by atoms with Gasteiger partial charge in [0.15, 0.2) is 0 Å². The number of aryl methyl sites for hydroxylation is 2. The van der Waals surface area contributed by atoms with Gasteiger partial charge in [0.05, 0.1) is 27.4 Å². The first-order chi connectivity index (χ1) is 14.8. The number of hydrogen-bond donors (Lipinski definition) is 2. The molecule has 3 N–H and O–H groups in total. The molecule has 2 aromatic heterocycles. The van der Waals surface area contributed by atoms with Gasteiger partial charge >= 0.3 is 6.18 Å². The highest BCUT2D eigenvalue weighted by molar-refractivity contribution is 7.14. The molecule has 0 saturated carbocycles. The minimum atomic E-state index is -4.42. The van der Waals surface area contributed by atoms with Crippen LogP contribution in [-0.4, -0.2) is 28.3 Å². The Labute approximate surface area is 186 Å². The molecule has 0 saturated heterocycles. The first-order valence-corrected chi connectivity index (χ1v) is 11.0. The summed E-state index contributed by atoms with van der Waals surface area (Å²) in [5, 5.41) is 7.69. The summed E-state index contributed by atoms with van der Waals surface area (Å²) in [5.74, 6) is -0.303. The Balaban J connectivity index is 1.52. The molecule has 164 valence electrons. The Morgan fingerprint density at radius 3 is 2.90 bits per heavy atom. The zero-order chi connectivity index (χ0) is 22.2. The number of nitrogens with one attached hydrogen (secondary N) is 1. The molecule has 4 rings (SSSR count). The highest BCUT2D eigenvalue weighted by Crippen LogP contribution is 2.38. The minimum absolute atomic E-state index is 0.103. The molecule has 1 atom stereocenters. The Kier molecular flexibility index (Phi) is 6.09. The van der Waals surface area contributed by atoms with Crippen LogP contribution in [0.15, 0.2) is 36.5 Å². The Morgan fingerprint density at radius 1 is 1.35 bits per heavy atom. The zero-order valence-corrected chi connectivity index (χ0v) is 17.9. The number of amides is 1. The first-order valence-electron chi connectivity index (χ1n) is 9.77. The average molecular weight is 469 g/mol. The predicted octanol–water partition coefficient (Wildman–Crippen LogP) is 4.53. The van der Waals surface area contributed by atoms with Gasteiger partial charge in [0.1, 0.15) is 0 Å². The van der Waals surface area contributed by atoms with E-state index in [0.29, 0.717) is 15.5 Å². The van der Waals surface area contributed by atoms with E-state index in [9.17, 15) is 18.0 Å². The largest absolute Gasteiger partial charge is 0.416 e. The van der Waals surface area contributed by atoms with Gasteiger partial charge in [0.25, 0.3) is 5.91 Å². The number of aromatic nitrogens is 2. The molecule has 31 heavy (non-hydrogen) atoms. The molecule has 1 aliphatic heterocycles. The van der Waals surface area contributed by atoms with Crippen molar-refractivity contribution in [3.05, 3.63) is 62.4 Å². The standard InChI is InChI=1S/C21H20ClF3N4OS/c22-16-11-27-29-6-2-5-17-15(19(16)29)9-18(31-17)20(30)28-14(10-26)8-12-3-1-4-13(7-12)21(23,24)25/h1,3-4,7,9,11,14H,2,5-6,8,10,26H2,(H,28,30)/t14-/m0/s1. The van der Waals surface area contributed by atoms with Crippen molar-refractivity contribution >= 4 is 28.8 Å². The number of fused-ring (bicyclic) bond motifs is 3. The molecule has 1 aromatic carbocycles. The SMILES string of the molecule is NC[C@H](Cc1cccc(C(F)(F)F)c1)NC(=O)c1cc2c(s1)CCCn1ncc(Cl)c1-2. The molecule has 1 amide bonds. The first kappa shape index (κ1) is 21.9. The summed E-state index contributed by atoms with van der Waals surface area (Å²) in [6.07, 6.45) is -0.906. The second-order valence-corrected chi connectivity index (χ2v) is 8.97. The van der Waals surface area contributed by atoms with Gasteiger partial charge in [-0.25, -0.2) is 0 Å². The fourth-order valence-electron chi connectivity index (χ4n) is 3.72. The second kappa shape index (κ2) is 8.64. The van der Waals surface area contributed by atoms with Crippen molar-refractivity contribution < 1.29 is 18.0 Å². The maximum atomic E-state index is 13.0. The van der Waals surface area contributed by atoms with Crippen LogP contribution in [0.5, 0.6) is 0 Å². The van der Waals surface area contributed by atoms with E-state index in [2.05, 4.69) is 10.4 Å². The summed E-state index contributed by atoms with van der Waals surface area (Å²) in [5.41, 5.74) is 7.25. The van der Waals surface area contributed by atoms with E-state index in [1.54, 1.807) is 18.3 Å². The van der Waals surface area contributed by atoms with Crippen molar-refractivity contribution in [1.82, 2.24) is 15.1 Å². The van der Waals surface area contributed by atoms with Gasteiger partial charge in [-0.2, -0.15) is 18.3 Å². The second-order valence-electron chi connectivity index (χ2n) is 7.42. The third-order valence-electron chi connectivity index (χ3n) is 5.21. The van der Waals surface area contributed by atoms with Crippen molar-refractivity contribution in [2.75, 3.05) is 6.54 Å². The number of rotatable bonds is 5. The van der Waals surface area contributed by atoms with Crippen molar-refractivity contribution in [2.45, 2.75) is 38.0 Å². The molecule has 3 aromatic rings. The molecule has 0 radical (unpaired) electrons. The van der Waals surface area contributed by atoms with E-state index < -0.39 is 17.8 Å². The normalized spacial score (nSPS) is 14.5. The van der Waals surface area contributed by atoms with E-state index in [-0.39, 0.29) is 18.9 Å². The summed E-state index contributed by atoms with van der Waals surface area (Å²) >= 11 is 7.71. The molecule has 3 heterocycles. The van der Waals surface area contributed by atoms with Crippen LogP contribution >= 0.6 is 22.9 Å². The van der Waals surface area contributed by atoms with Crippen molar-refractivity contribution in [3.63, 3.8) is 0 Å². The molecule has 5 nitrogen and oxygen atoms in total. The lowest BCUT2D eigenvalue weighted by molar-refractivity contribution is -0.137. The molecule has 1 aliphatic rings. The summed E-state index contributed by atoms with van der Waals surface area (Å²) < 4.78 is 40.7. The number of carbonyl (C=O) groups is 1. The third kappa shape index (κ3) is 4.63. The number of benzene rings is 1. The zero-order valence-electron chi connectivity index (χ0n) is 16.4. The summed E-state index contributed by atoms with van der Waals surface area (Å²) in [6.45, 7) is 0.864. The lowest BCUT2D eigenvalue weighted by Gasteiger charge is -2.17. The highest BCUT2D eigenvalue weighted by Gasteiger charge is 2.30. The molecule has 0 aliphatic carbocycles. The molecule has 0 fully saturated rings. The van der Waals surface area contributed by atoms with Crippen molar-refractivity contribution in [1.29, 1.82) is 0 Å². The van der Waals surface area contributed by atoms with E-state index in [1.807, 2.05) is 4.68 Å². The minimum Gasteiger partial charge on any atom is -0.347 e. The summed E-state index contributed by atoms with van der Waals surface area (Å²) in [6, 6.07) is 6.38. The number of alkyl halides is 3. The number of nitrogens with two attached hydrogens (primary N) is 1. The maximum Gasteiger partial charge on any atom is 0.416 e. The number of halogens is 4. The Hall–Kier alpha value is -2.36. The van der Waals surface area contributed by atoms with Crippen LogP contribution in [-0.2, 0) is 25.6 Å². The fourth-order valence-corrected chi connectivity index (χ4v) is 5.07. The Bertz CT molecular complexity index is 1110. The van der Waals surface area contributed by atoms with Gasteiger partial charge in [0.2, 0.25) is 0 Å². The van der Waals surface area contributed by atoms with Crippen LogP contribution in [0.3, 0.4) is 0 Å². The van der Waals surface area contributed by atoms with E-state index in [0.717, 1.165) is 47.7 Å². The van der Waals surface area contributed by atoms with Crippen LogP contribution in [0.2, 0.25) is 5.02 Å². The van der Waals surface area contributed by atoms with Gasteiger partial charge in [-0.05, 0) is 37.0 Å². The van der Waals surface area contributed by atoms with Crippen LogP contribution in [0.25, 0.3) is 11.3 Å². The monoisotopic (exact) mass is 468 g/mol. The number of nitrogens with zero attached hydrogens (tertiary/aromatic N) is 2. The third-order valence-corrected chi connectivity index (χ3v) is 6.68. The highest BCUT2D eigenvalue weighted by atomic mass is 35.5. The van der Waals surface area contributed by atoms with E-state index in [1.165, 1.54) is 17.4 Å². The topological polar surface area (TPSA) is 72.9 Å². The fraction of sp³-hybridized carbons (Fsp3) is 0.333. The van der Waals surface area contributed by atoms with Crippen LogP contribution in [0.4, 0.5) is 13.2 Å². The molecule has 0 spiro atoms. The van der Waals surface area contributed by atoms with Gasteiger partial charge in [-0.1, -0.05) is 29.8 Å². The quantitative estimate of drug-likeness (QED) is 0.578. The van der Waals surface area contributed by atoms with Crippen molar-refractivity contribution in [3.8, 4) is 11.3 Å². The number of carbonyl (C=O) groups excluding carboxylic acids is 1. The van der Waals surface area contributed by atoms with E-state index in [4.69, 9.17) is 17.3 Å². The lowest BCUT2D eigenvalue weighted by atomic mass is 10.0. The van der Waals surface area contributed by atoms with Gasteiger partial charge in [-0.15, -0.1) is 11.3 Å². The van der Waals surface area contributed by atoms with Crippen LogP contribution in [0.1, 0.15) is 32.1 Å². The van der Waals surface area contributed by atoms with Crippen LogP contribution < -0.4 is 11.1 Å². The summed E-state index contributed by atoms with van der Waals surface area (Å²) in [4.78, 5) is 14.5. The lowest BCUT2D eigenvalue weighted by Crippen LogP contribution is -2.41. The molecular formula is C21H20ClF3N4OS. The average Bonchev–Trinajstić information content (AvgIpc) is 3.26. The maximum absolute atomic E-state index is 13.0. The van der Waals surface area contributed by atoms with Gasteiger partial charge in [0, 0.05) is 29.6 Å². The summed E-state index contributed by atoms with van der Waals surface area (Å²) in [7, 11) is 0. The predicted molar refractivity (Wildman–Crippen MR) is 114 cm³/mol. The molecular weight excluding hydrogens is 449 g/mol. The smallest absolute Gasteiger partial charge is 0.347 e.